The van der Waals surface area contributed by atoms with Gasteiger partial charge >= 0.3 is 0 Å². The maximum Gasteiger partial charge on any atom is 0.263 e. The van der Waals surface area contributed by atoms with Gasteiger partial charge in [-0.2, -0.15) is 0 Å². The summed E-state index contributed by atoms with van der Waals surface area (Å²) in [5.41, 5.74) is 7.01. The van der Waals surface area contributed by atoms with Crippen LogP contribution in [0.2, 0.25) is 0 Å². The molecule has 0 saturated carbocycles. The van der Waals surface area contributed by atoms with Crippen LogP contribution >= 0.6 is 11.3 Å². The van der Waals surface area contributed by atoms with Crippen molar-refractivity contribution in [3.63, 3.8) is 0 Å². The van der Waals surface area contributed by atoms with Crippen molar-refractivity contribution >= 4 is 27.0 Å². The maximum absolute atomic E-state index is 13.6. The van der Waals surface area contributed by atoms with Gasteiger partial charge in [0.25, 0.3) is 10.0 Å². The summed E-state index contributed by atoms with van der Waals surface area (Å²) in [5, 5.41) is 0. The molecule has 0 amide bonds. The minimum Gasteiger partial charge on any atom is -0.279 e. The van der Waals surface area contributed by atoms with E-state index in [1.165, 1.54) is 17.4 Å². The van der Waals surface area contributed by atoms with Crippen LogP contribution in [0.3, 0.4) is 0 Å². The molecule has 0 spiro atoms. The summed E-state index contributed by atoms with van der Waals surface area (Å²) in [7, 11) is -3.75. The van der Waals surface area contributed by atoms with Crippen LogP contribution in [0.15, 0.2) is 29.2 Å². The molecule has 1 aliphatic rings. The van der Waals surface area contributed by atoms with Gasteiger partial charge in [-0.05, 0) is 51.0 Å². The lowest BCUT2D eigenvalue weighted by atomic mass is 10.1. The molecular formula is C16H20FN3O2S2. The molecule has 1 fully saturated rings. The summed E-state index contributed by atoms with van der Waals surface area (Å²) in [6.45, 7) is 5.48. The molecule has 1 aromatic heterocycles. The van der Waals surface area contributed by atoms with E-state index in [4.69, 9.17) is 0 Å². The second-order valence-corrected chi connectivity index (χ2v) is 9.06. The van der Waals surface area contributed by atoms with Crippen molar-refractivity contribution in [1.82, 2.24) is 10.9 Å². The van der Waals surface area contributed by atoms with E-state index in [0.717, 1.165) is 11.3 Å². The van der Waals surface area contributed by atoms with Gasteiger partial charge in [-0.1, -0.05) is 6.07 Å². The highest BCUT2D eigenvalue weighted by atomic mass is 32.2. The standard InChI is InChI=1S/C16H20FN3O2S2/c1-9-4-5-12(7-13(9)17)20-24(21,22)16-8-15(23-11(16)3)14-6-10(2)18-19-14/h4-5,7-8,10,14,18-20H,6H2,1-3H3. The highest BCUT2D eigenvalue weighted by Gasteiger charge is 2.27. The summed E-state index contributed by atoms with van der Waals surface area (Å²) in [6, 6.07) is 6.44. The first kappa shape index (κ1) is 17.3. The number of hydrogen-bond donors (Lipinski definition) is 3. The molecule has 2 aromatic rings. The van der Waals surface area contributed by atoms with E-state index < -0.39 is 15.8 Å². The number of hydrogen-bond acceptors (Lipinski definition) is 5. The van der Waals surface area contributed by atoms with E-state index in [-0.39, 0.29) is 16.6 Å². The molecule has 5 nitrogen and oxygen atoms in total. The summed E-state index contributed by atoms with van der Waals surface area (Å²) < 4.78 is 41.4. The second-order valence-electron chi connectivity index (χ2n) is 6.12. The third-order valence-corrected chi connectivity index (χ3v) is 6.84. The Morgan fingerprint density at radius 3 is 2.62 bits per heavy atom. The molecule has 2 atom stereocenters. The minimum absolute atomic E-state index is 0.101. The summed E-state index contributed by atoms with van der Waals surface area (Å²) in [4.78, 5) is 1.93. The molecule has 0 radical (unpaired) electrons. The van der Waals surface area contributed by atoms with Gasteiger partial charge in [-0.25, -0.2) is 18.2 Å². The fourth-order valence-electron chi connectivity index (χ4n) is 2.69. The predicted molar refractivity (Wildman–Crippen MR) is 94.1 cm³/mol. The number of anilines is 1. The normalized spacial score (nSPS) is 21.2. The van der Waals surface area contributed by atoms with Crippen molar-refractivity contribution < 1.29 is 12.8 Å². The largest absolute Gasteiger partial charge is 0.279 e. The predicted octanol–water partition coefficient (Wildman–Crippen LogP) is 3.23. The Kier molecular flexibility index (Phi) is 4.65. The monoisotopic (exact) mass is 369 g/mol. The van der Waals surface area contributed by atoms with Crippen molar-refractivity contribution in [2.45, 2.75) is 44.2 Å². The molecule has 3 rings (SSSR count). The lowest BCUT2D eigenvalue weighted by Crippen LogP contribution is -2.28. The van der Waals surface area contributed by atoms with Gasteiger partial charge in [0, 0.05) is 15.8 Å². The van der Waals surface area contributed by atoms with Gasteiger partial charge in [-0.15, -0.1) is 11.3 Å². The number of benzene rings is 1. The first-order valence-corrected chi connectivity index (χ1v) is 9.96. The molecule has 1 saturated heterocycles. The molecule has 0 bridgehead atoms. The Hall–Kier alpha value is -1.48. The van der Waals surface area contributed by atoms with E-state index >= 15 is 0 Å². The summed E-state index contributed by atoms with van der Waals surface area (Å²) >= 11 is 1.46. The molecule has 24 heavy (non-hydrogen) atoms. The van der Waals surface area contributed by atoms with E-state index in [9.17, 15) is 12.8 Å². The number of sulfonamides is 1. The van der Waals surface area contributed by atoms with Gasteiger partial charge in [0.05, 0.1) is 11.7 Å². The van der Waals surface area contributed by atoms with E-state index in [2.05, 4.69) is 22.5 Å². The fourth-order valence-corrected chi connectivity index (χ4v) is 5.42. The third kappa shape index (κ3) is 3.46. The SMILES string of the molecule is Cc1ccc(NS(=O)(=O)c2cc(C3CC(C)NN3)sc2C)cc1F. The Labute approximate surface area is 145 Å². The zero-order chi connectivity index (χ0) is 17.5. The van der Waals surface area contributed by atoms with Crippen LogP contribution in [0, 0.1) is 19.7 Å². The van der Waals surface area contributed by atoms with Crippen molar-refractivity contribution in [2.75, 3.05) is 4.72 Å². The van der Waals surface area contributed by atoms with Gasteiger partial charge in [0.15, 0.2) is 0 Å². The molecule has 2 unspecified atom stereocenters. The Morgan fingerprint density at radius 1 is 1.25 bits per heavy atom. The molecule has 8 heteroatoms. The van der Waals surface area contributed by atoms with E-state index in [0.29, 0.717) is 16.5 Å². The maximum atomic E-state index is 13.6. The van der Waals surface area contributed by atoms with Crippen molar-refractivity contribution in [3.8, 4) is 0 Å². The van der Waals surface area contributed by atoms with Crippen LogP contribution in [0.25, 0.3) is 0 Å². The number of nitrogens with one attached hydrogen (secondary N) is 3. The average Bonchev–Trinajstić information content (AvgIpc) is 3.09. The highest BCUT2D eigenvalue weighted by molar-refractivity contribution is 7.93. The lowest BCUT2D eigenvalue weighted by Gasteiger charge is -2.08. The van der Waals surface area contributed by atoms with Crippen molar-refractivity contribution in [2.24, 2.45) is 0 Å². The quantitative estimate of drug-likeness (QED) is 0.774. The third-order valence-electron chi connectivity index (χ3n) is 4.04. The number of aryl methyl sites for hydroxylation is 2. The second kappa shape index (κ2) is 6.44. The van der Waals surface area contributed by atoms with Crippen LogP contribution in [0.1, 0.15) is 34.7 Å². The van der Waals surface area contributed by atoms with E-state index in [1.54, 1.807) is 32.0 Å². The van der Waals surface area contributed by atoms with Crippen LogP contribution in [0.4, 0.5) is 10.1 Å². The number of rotatable bonds is 4. The molecular weight excluding hydrogens is 349 g/mol. The fraction of sp³-hybridized carbons (Fsp3) is 0.375. The minimum atomic E-state index is -3.75. The summed E-state index contributed by atoms with van der Waals surface area (Å²) in [6.07, 6.45) is 0.899. The molecule has 130 valence electrons. The Bertz CT molecular complexity index is 864. The lowest BCUT2D eigenvalue weighted by molar-refractivity contribution is 0.564. The topological polar surface area (TPSA) is 70.2 Å². The Balaban J connectivity index is 1.86. The van der Waals surface area contributed by atoms with Gasteiger partial charge in [0.1, 0.15) is 10.7 Å². The highest BCUT2D eigenvalue weighted by Crippen LogP contribution is 2.34. The smallest absolute Gasteiger partial charge is 0.263 e. The van der Waals surface area contributed by atoms with Crippen molar-refractivity contribution in [3.05, 3.63) is 45.4 Å². The average molecular weight is 369 g/mol. The van der Waals surface area contributed by atoms with Gasteiger partial charge in [-0.3, -0.25) is 10.1 Å². The van der Waals surface area contributed by atoms with Crippen LogP contribution < -0.4 is 15.6 Å². The Morgan fingerprint density at radius 2 is 2.00 bits per heavy atom. The number of thiophene rings is 1. The van der Waals surface area contributed by atoms with Crippen LogP contribution in [0.5, 0.6) is 0 Å². The molecule has 3 N–H and O–H groups in total. The van der Waals surface area contributed by atoms with Crippen molar-refractivity contribution in [1.29, 1.82) is 0 Å². The number of halogens is 1. The van der Waals surface area contributed by atoms with Gasteiger partial charge in [0.2, 0.25) is 0 Å². The molecule has 2 heterocycles. The number of hydrazine groups is 1. The van der Waals surface area contributed by atoms with Crippen LogP contribution in [-0.2, 0) is 10.0 Å². The first-order chi connectivity index (χ1) is 11.3. The molecule has 1 aromatic carbocycles. The molecule has 1 aliphatic heterocycles. The summed E-state index contributed by atoms with van der Waals surface area (Å²) in [5.74, 6) is -0.437. The zero-order valence-corrected chi connectivity index (χ0v) is 15.3. The zero-order valence-electron chi connectivity index (χ0n) is 13.7. The van der Waals surface area contributed by atoms with Crippen LogP contribution in [-0.4, -0.2) is 14.5 Å². The molecule has 0 aliphatic carbocycles. The van der Waals surface area contributed by atoms with E-state index in [1.807, 2.05) is 0 Å². The first-order valence-electron chi connectivity index (χ1n) is 7.66. The van der Waals surface area contributed by atoms with Gasteiger partial charge < -0.3 is 0 Å².